The van der Waals surface area contributed by atoms with Gasteiger partial charge in [0.1, 0.15) is 6.17 Å². The first-order valence-corrected chi connectivity index (χ1v) is 14.2. The number of carbonyl (C=O) groups excluding carboxylic acids is 2. The van der Waals surface area contributed by atoms with Crippen molar-refractivity contribution in [3.05, 3.63) is 115 Å². The molecule has 41 heavy (non-hydrogen) atoms. The summed E-state index contributed by atoms with van der Waals surface area (Å²) >= 11 is 0. The number of para-hydroxylation sites is 1. The zero-order valence-electron chi connectivity index (χ0n) is 23.6. The van der Waals surface area contributed by atoms with Gasteiger partial charge >= 0.3 is 6.03 Å². The molecule has 0 saturated carbocycles. The summed E-state index contributed by atoms with van der Waals surface area (Å²) in [4.78, 5) is 32.2. The molecule has 6 rings (SSSR count). The van der Waals surface area contributed by atoms with Crippen LogP contribution in [0.4, 0.5) is 21.9 Å². The minimum absolute atomic E-state index is 0.107. The van der Waals surface area contributed by atoms with Crippen LogP contribution >= 0.6 is 0 Å². The lowest BCUT2D eigenvalue weighted by Gasteiger charge is -2.45. The summed E-state index contributed by atoms with van der Waals surface area (Å²) < 4.78 is 0. The van der Waals surface area contributed by atoms with Crippen LogP contribution in [0.3, 0.4) is 0 Å². The van der Waals surface area contributed by atoms with E-state index in [-0.39, 0.29) is 17.9 Å². The van der Waals surface area contributed by atoms with E-state index >= 15 is 0 Å². The Morgan fingerprint density at radius 2 is 1.51 bits per heavy atom. The van der Waals surface area contributed by atoms with Gasteiger partial charge in [0.2, 0.25) is 0 Å². The lowest BCUT2D eigenvalue weighted by atomic mass is 10.0. The van der Waals surface area contributed by atoms with Crippen LogP contribution in [0, 0.1) is 5.92 Å². The number of carbonyl (C=O) groups is 2. The molecule has 0 aliphatic carbocycles. The standard InChI is InChI=1S/C35H34N4O2/c1-4-33-38(28-21-20-25-12-5-6-14-27(25)22-28)34(40)30-17-9-10-19-32(30)39(33)35(41)37(23-24(2)3)36-31-18-11-15-26-13-7-8-16-29(26)31/h5-22,24,33,36H,4,23H2,1-3H3. The molecular formula is C35H34N4O2. The van der Waals surface area contributed by atoms with Crippen molar-refractivity contribution >= 4 is 50.5 Å². The van der Waals surface area contributed by atoms with Gasteiger partial charge in [-0.15, -0.1) is 0 Å². The highest BCUT2D eigenvalue weighted by atomic mass is 16.2. The molecule has 1 heterocycles. The Morgan fingerprint density at radius 1 is 0.829 bits per heavy atom. The lowest BCUT2D eigenvalue weighted by molar-refractivity contribution is 0.0968. The maximum absolute atomic E-state index is 14.7. The molecule has 0 aromatic heterocycles. The summed E-state index contributed by atoms with van der Waals surface area (Å²) in [5, 5.41) is 5.97. The number of rotatable bonds is 6. The maximum atomic E-state index is 14.7. The quantitative estimate of drug-likeness (QED) is 0.220. The third kappa shape index (κ3) is 4.86. The number of hydrazine groups is 1. The summed E-state index contributed by atoms with van der Waals surface area (Å²) in [5.74, 6) is 0.101. The molecule has 206 valence electrons. The number of hydrogen-bond acceptors (Lipinski definition) is 3. The van der Waals surface area contributed by atoms with Gasteiger partial charge in [0.25, 0.3) is 5.91 Å². The van der Waals surface area contributed by atoms with Gasteiger partial charge in [-0.2, -0.15) is 0 Å². The van der Waals surface area contributed by atoms with Crippen LogP contribution in [0.2, 0.25) is 0 Å². The van der Waals surface area contributed by atoms with Crippen LogP contribution < -0.4 is 15.2 Å². The first-order valence-electron chi connectivity index (χ1n) is 14.2. The number of nitrogens with zero attached hydrogens (tertiary/aromatic N) is 3. The average molecular weight is 543 g/mol. The van der Waals surface area contributed by atoms with Crippen molar-refractivity contribution in [1.29, 1.82) is 0 Å². The van der Waals surface area contributed by atoms with Crippen molar-refractivity contribution in [2.75, 3.05) is 21.8 Å². The molecule has 6 heteroatoms. The summed E-state index contributed by atoms with van der Waals surface area (Å²) in [6.07, 6.45) is 0.0534. The van der Waals surface area contributed by atoms with Crippen molar-refractivity contribution < 1.29 is 9.59 Å². The zero-order valence-corrected chi connectivity index (χ0v) is 23.6. The molecule has 1 aliphatic rings. The van der Waals surface area contributed by atoms with Crippen LogP contribution in [-0.4, -0.2) is 29.7 Å². The van der Waals surface area contributed by atoms with E-state index in [4.69, 9.17) is 0 Å². The van der Waals surface area contributed by atoms with Crippen LogP contribution in [0.1, 0.15) is 37.6 Å². The van der Waals surface area contributed by atoms with Crippen molar-refractivity contribution in [1.82, 2.24) is 5.01 Å². The molecule has 0 bridgehead atoms. The maximum Gasteiger partial charge on any atom is 0.344 e. The van der Waals surface area contributed by atoms with Gasteiger partial charge in [0, 0.05) is 17.6 Å². The Morgan fingerprint density at radius 3 is 2.29 bits per heavy atom. The van der Waals surface area contributed by atoms with Gasteiger partial charge in [-0.3, -0.25) is 20.0 Å². The second kappa shape index (κ2) is 11.0. The Bertz CT molecular complexity index is 1740. The summed E-state index contributed by atoms with van der Waals surface area (Å²) in [7, 11) is 0. The molecular weight excluding hydrogens is 508 g/mol. The molecule has 1 N–H and O–H groups in total. The Balaban J connectivity index is 1.45. The van der Waals surface area contributed by atoms with Crippen molar-refractivity contribution in [3.63, 3.8) is 0 Å². The number of benzene rings is 5. The highest BCUT2D eigenvalue weighted by Gasteiger charge is 2.42. The van der Waals surface area contributed by atoms with Gasteiger partial charge in [-0.05, 0) is 58.8 Å². The number of amides is 3. The van der Waals surface area contributed by atoms with Crippen molar-refractivity contribution in [2.24, 2.45) is 5.92 Å². The van der Waals surface area contributed by atoms with Crippen LogP contribution in [-0.2, 0) is 0 Å². The lowest BCUT2D eigenvalue weighted by Crippen LogP contribution is -2.61. The van der Waals surface area contributed by atoms with E-state index in [0.29, 0.717) is 24.2 Å². The predicted octanol–water partition coefficient (Wildman–Crippen LogP) is 8.30. The number of hydrogen-bond donors (Lipinski definition) is 1. The number of fused-ring (bicyclic) bond motifs is 3. The first kappa shape index (κ1) is 26.4. The molecule has 1 atom stereocenters. The van der Waals surface area contributed by atoms with E-state index in [0.717, 1.165) is 32.9 Å². The van der Waals surface area contributed by atoms with E-state index in [9.17, 15) is 9.59 Å². The average Bonchev–Trinajstić information content (AvgIpc) is 3.00. The van der Waals surface area contributed by atoms with Crippen LogP contribution in [0.25, 0.3) is 21.5 Å². The normalized spacial score (nSPS) is 14.9. The zero-order chi connectivity index (χ0) is 28.5. The van der Waals surface area contributed by atoms with Crippen molar-refractivity contribution in [2.45, 2.75) is 33.4 Å². The van der Waals surface area contributed by atoms with E-state index in [1.165, 1.54) is 0 Å². The highest BCUT2D eigenvalue weighted by Crippen LogP contribution is 2.37. The summed E-state index contributed by atoms with van der Waals surface area (Å²) in [5.41, 5.74) is 6.22. The Hall–Kier alpha value is -4.84. The van der Waals surface area contributed by atoms with Gasteiger partial charge in [0.05, 0.1) is 16.9 Å². The minimum atomic E-state index is -0.505. The fourth-order valence-electron chi connectivity index (χ4n) is 5.75. The SMILES string of the molecule is CCC1N(c2ccc3ccccc3c2)C(=O)c2ccccc2N1C(=O)N(CC(C)C)Nc1cccc2ccccc12. The van der Waals surface area contributed by atoms with E-state index in [1.54, 1.807) is 14.8 Å². The second-order valence-corrected chi connectivity index (χ2v) is 10.9. The molecule has 0 spiro atoms. The predicted molar refractivity (Wildman–Crippen MR) is 168 cm³/mol. The summed E-state index contributed by atoms with van der Waals surface area (Å²) in [6, 6.07) is 35.5. The van der Waals surface area contributed by atoms with Crippen molar-refractivity contribution in [3.8, 4) is 0 Å². The minimum Gasteiger partial charge on any atom is -0.294 e. The summed E-state index contributed by atoms with van der Waals surface area (Å²) in [6.45, 7) is 6.70. The highest BCUT2D eigenvalue weighted by molar-refractivity contribution is 6.16. The second-order valence-electron chi connectivity index (χ2n) is 10.9. The molecule has 1 unspecified atom stereocenters. The first-order chi connectivity index (χ1) is 20.0. The number of anilines is 3. The molecule has 0 saturated heterocycles. The van der Waals surface area contributed by atoms with E-state index in [2.05, 4.69) is 43.5 Å². The van der Waals surface area contributed by atoms with E-state index in [1.807, 2.05) is 91.9 Å². The topological polar surface area (TPSA) is 55.9 Å². The fourth-order valence-corrected chi connectivity index (χ4v) is 5.75. The molecule has 3 amide bonds. The van der Waals surface area contributed by atoms with Gasteiger partial charge < -0.3 is 0 Å². The third-order valence-corrected chi connectivity index (χ3v) is 7.62. The molecule has 5 aromatic rings. The molecule has 0 fully saturated rings. The molecule has 0 radical (unpaired) electrons. The van der Waals surface area contributed by atoms with Gasteiger partial charge in [0.15, 0.2) is 0 Å². The third-order valence-electron chi connectivity index (χ3n) is 7.62. The van der Waals surface area contributed by atoms with E-state index < -0.39 is 6.17 Å². The monoisotopic (exact) mass is 542 g/mol. The molecule has 1 aliphatic heterocycles. The smallest absolute Gasteiger partial charge is 0.294 e. The Kier molecular flexibility index (Phi) is 7.06. The van der Waals surface area contributed by atoms with Crippen LogP contribution in [0.5, 0.6) is 0 Å². The van der Waals surface area contributed by atoms with Crippen LogP contribution in [0.15, 0.2) is 109 Å². The number of nitrogens with one attached hydrogen (secondary N) is 1. The molecule has 6 nitrogen and oxygen atoms in total. The molecule has 5 aromatic carbocycles. The van der Waals surface area contributed by atoms with Gasteiger partial charge in [-0.1, -0.05) is 99.6 Å². The Labute approximate surface area is 240 Å². The largest absolute Gasteiger partial charge is 0.344 e. The number of urea groups is 1. The fraction of sp³-hybridized carbons (Fsp3) is 0.200. The van der Waals surface area contributed by atoms with Gasteiger partial charge in [-0.25, -0.2) is 9.80 Å².